The molecule has 0 saturated heterocycles. The molecule has 5 heteroatoms. The van der Waals surface area contributed by atoms with E-state index in [1.54, 1.807) is 0 Å². The summed E-state index contributed by atoms with van der Waals surface area (Å²) >= 11 is 0. The van der Waals surface area contributed by atoms with Crippen molar-refractivity contribution in [2.45, 2.75) is 39.0 Å². The standard InChI is InChI=1S/C20H27N3O2/c1-15(2)11-18-20(21-13-16-7-5-4-6-8-16)23-10-9-17(14-25-24-3)12-19(23)22-18/h4-10,12,15,18,20-21H,11,13-14H2,1-3H3. The highest BCUT2D eigenvalue weighted by atomic mass is 17.2. The van der Waals surface area contributed by atoms with Crippen molar-refractivity contribution in [1.29, 1.82) is 0 Å². The minimum absolute atomic E-state index is 0.176. The molecule has 0 bridgehead atoms. The molecule has 2 heterocycles. The summed E-state index contributed by atoms with van der Waals surface area (Å²) in [7, 11) is 1.52. The van der Waals surface area contributed by atoms with Crippen molar-refractivity contribution in [3.63, 3.8) is 0 Å². The largest absolute Gasteiger partial charge is 0.315 e. The van der Waals surface area contributed by atoms with E-state index in [4.69, 9.17) is 14.8 Å². The fraction of sp³-hybridized carbons (Fsp3) is 0.450. The minimum Gasteiger partial charge on any atom is -0.315 e. The van der Waals surface area contributed by atoms with Gasteiger partial charge in [0.1, 0.15) is 18.6 Å². The molecule has 2 aliphatic heterocycles. The lowest BCUT2D eigenvalue weighted by Gasteiger charge is -2.30. The Balaban J connectivity index is 1.71. The number of hydrogen-bond donors (Lipinski definition) is 1. The van der Waals surface area contributed by atoms with Crippen LogP contribution in [0.2, 0.25) is 0 Å². The van der Waals surface area contributed by atoms with E-state index in [2.05, 4.69) is 66.7 Å². The predicted octanol–water partition coefficient (Wildman–Crippen LogP) is 3.26. The molecule has 25 heavy (non-hydrogen) atoms. The van der Waals surface area contributed by atoms with Gasteiger partial charge in [0.15, 0.2) is 0 Å². The summed E-state index contributed by atoms with van der Waals surface area (Å²) in [6.07, 6.45) is 7.47. The Morgan fingerprint density at radius 2 is 2.04 bits per heavy atom. The molecular formula is C20H27N3O2. The van der Waals surface area contributed by atoms with Crippen molar-refractivity contribution >= 4 is 5.84 Å². The van der Waals surface area contributed by atoms with Crippen molar-refractivity contribution in [2.24, 2.45) is 10.9 Å². The van der Waals surface area contributed by atoms with E-state index in [9.17, 15) is 0 Å². The minimum atomic E-state index is 0.176. The highest BCUT2D eigenvalue weighted by molar-refractivity contribution is 5.97. The number of nitrogens with zero attached hydrogens (tertiary/aromatic N) is 2. The van der Waals surface area contributed by atoms with Crippen molar-refractivity contribution in [1.82, 2.24) is 10.2 Å². The molecule has 5 nitrogen and oxygen atoms in total. The van der Waals surface area contributed by atoms with Gasteiger partial charge in [-0.3, -0.25) is 10.3 Å². The van der Waals surface area contributed by atoms with Gasteiger partial charge in [-0.2, -0.15) is 0 Å². The van der Waals surface area contributed by atoms with Gasteiger partial charge in [0.2, 0.25) is 0 Å². The summed E-state index contributed by atoms with van der Waals surface area (Å²) < 4.78 is 0. The van der Waals surface area contributed by atoms with Gasteiger partial charge in [-0.1, -0.05) is 44.2 Å². The molecule has 0 fully saturated rings. The van der Waals surface area contributed by atoms with E-state index >= 15 is 0 Å². The van der Waals surface area contributed by atoms with Gasteiger partial charge in [-0.15, -0.1) is 0 Å². The van der Waals surface area contributed by atoms with Crippen molar-refractivity contribution < 1.29 is 9.78 Å². The van der Waals surface area contributed by atoms with Crippen LogP contribution < -0.4 is 5.32 Å². The smallest absolute Gasteiger partial charge is 0.129 e. The van der Waals surface area contributed by atoms with Crippen LogP contribution in [0, 0.1) is 5.92 Å². The Kier molecular flexibility index (Phi) is 6.02. The first-order valence-electron chi connectivity index (χ1n) is 8.85. The summed E-state index contributed by atoms with van der Waals surface area (Å²) in [6.45, 7) is 5.75. The zero-order chi connectivity index (χ0) is 17.6. The summed E-state index contributed by atoms with van der Waals surface area (Å²) in [5.41, 5.74) is 2.34. The normalized spacial score (nSPS) is 22.2. The third-order valence-electron chi connectivity index (χ3n) is 4.40. The average Bonchev–Trinajstić information content (AvgIpc) is 2.94. The molecule has 134 valence electrons. The molecule has 3 rings (SSSR count). The maximum atomic E-state index is 5.04. The van der Waals surface area contributed by atoms with E-state index in [0.717, 1.165) is 24.4 Å². The Labute approximate surface area is 150 Å². The molecule has 0 saturated carbocycles. The monoisotopic (exact) mass is 341 g/mol. The van der Waals surface area contributed by atoms with Crippen molar-refractivity contribution in [3.05, 3.63) is 59.8 Å². The number of aliphatic imine (C=N–C) groups is 1. The van der Waals surface area contributed by atoms with Crippen LogP contribution in [-0.4, -0.2) is 36.7 Å². The van der Waals surface area contributed by atoms with Gasteiger partial charge < -0.3 is 4.90 Å². The molecule has 2 atom stereocenters. The SMILES string of the molecule is COOCC1=CC2=NC(CC(C)C)C(NCc3ccccc3)N2C=C1. The van der Waals surface area contributed by atoms with Gasteiger partial charge in [0, 0.05) is 12.7 Å². The van der Waals surface area contributed by atoms with Crippen LogP contribution in [0.3, 0.4) is 0 Å². The van der Waals surface area contributed by atoms with Gasteiger partial charge in [0.25, 0.3) is 0 Å². The third-order valence-corrected chi connectivity index (χ3v) is 4.40. The molecule has 0 aromatic heterocycles. The highest BCUT2D eigenvalue weighted by Crippen LogP contribution is 2.26. The number of rotatable bonds is 8. The van der Waals surface area contributed by atoms with E-state index in [1.807, 2.05) is 6.07 Å². The van der Waals surface area contributed by atoms with Gasteiger partial charge in [-0.25, -0.2) is 9.78 Å². The second kappa shape index (κ2) is 8.43. The fourth-order valence-corrected chi connectivity index (χ4v) is 3.24. The summed E-state index contributed by atoms with van der Waals surface area (Å²) in [4.78, 5) is 16.9. The average molecular weight is 341 g/mol. The molecule has 2 unspecified atom stereocenters. The zero-order valence-corrected chi connectivity index (χ0v) is 15.2. The van der Waals surface area contributed by atoms with Crippen LogP contribution in [0.25, 0.3) is 0 Å². The number of benzene rings is 1. The Morgan fingerprint density at radius 1 is 1.24 bits per heavy atom. The zero-order valence-electron chi connectivity index (χ0n) is 15.2. The first-order valence-corrected chi connectivity index (χ1v) is 8.85. The van der Waals surface area contributed by atoms with E-state index in [-0.39, 0.29) is 12.2 Å². The lowest BCUT2D eigenvalue weighted by atomic mass is 10.0. The molecule has 0 amide bonds. The van der Waals surface area contributed by atoms with Gasteiger partial charge in [-0.05, 0) is 35.6 Å². The fourth-order valence-electron chi connectivity index (χ4n) is 3.24. The predicted molar refractivity (Wildman–Crippen MR) is 99.8 cm³/mol. The molecule has 0 radical (unpaired) electrons. The third kappa shape index (κ3) is 4.57. The lowest BCUT2D eigenvalue weighted by Crippen LogP contribution is -2.47. The van der Waals surface area contributed by atoms with Crippen LogP contribution in [0.4, 0.5) is 0 Å². The number of amidine groups is 1. The quantitative estimate of drug-likeness (QED) is 0.582. The van der Waals surface area contributed by atoms with Crippen molar-refractivity contribution in [2.75, 3.05) is 13.7 Å². The van der Waals surface area contributed by atoms with Crippen LogP contribution in [0.1, 0.15) is 25.8 Å². The molecular weight excluding hydrogens is 314 g/mol. The number of fused-ring (bicyclic) bond motifs is 1. The first-order chi connectivity index (χ1) is 12.2. The maximum Gasteiger partial charge on any atom is 0.129 e. The van der Waals surface area contributed by atoms with Crippen molar-refractivity contribution in [3.8, 4) is 0 Å². The van der Waals surface area contributed by atoms with E-state index in [1.165, 1.54) is 12.7 Å². The highest BCUT2D eigenvalue weighted by Gasteiger charge is 2.35. The summed E-state index contributed by atoms with van der Waals surface area (Å²) in [6, 6.07) is 10.7. The molecule has 1 aromatic carbocycles. The molecule has 0 spiro atoms. The van der Waals surface area contributed by atoms with Crippen LogP contribution in [-0.2, 0) is 16.3 Å². The van der Waals surface area contributed by atoms with E-state index < -0.39 is 0 Å². The molecule has 1 aromatic rings. The molecule has 2 aliphatic rings. The Morgan fingerprint density at radius 3 is 2.76 bits per heavy atom. The second-order valence-electron chi connectivity index (χ2n) is 6.87. The number of nitrogens with one attached hydrogen (secondary N) is 1. The lowest BCUT2D eigenvalue weighted by molar-refractivity contribution is -0.264. The Bertz CT molecular complexity index is 652. The maximum absolute atomic E-state index is 5.04. The van der Waals surface area contributed by atoms with Crippen LogP contribution in [0.15, 0.2) is 59.2 Å². The summed E-state index contributed by atoms with van der Waals surface area (Å²) in [5, 5.41) is 3.69. The Hall–Kier alpha value is -1.95. The van der Waals surface area contributed by atoms with Crippen LogP contribution >= 0.6 is 0 Å². The molecule has 1 N–H and O–H groups in total. The topological polar surface area (TPSA) is 46.1 Å². The van der Waals surface area contributed by atoms with E-state index in [0.29, 0.717) is 12.5 Å². The second-order valence-corrected chi connectivity index (χ2v) is 6.87. The molecule has 0 aliphatic carbocycles. The van der Waals surface area contributed by atoms with Gasteiger partial charge >= 0.3 is 0 Å². The first kappa shape index (κ1) is 17.9. The van der Waals surface area contributed by atoms with Crippen LogP contribution in [0.5, 0.6) is 0 Å². The number of hydrogen-bond acceptors (Lipinski definition) is 5. The summed E-state index contributed by atoms with van der Waals surface area (Å²) in [5.74, 6) is 1.59. The van der Waals surface area contributed by atoms with Gasteiger partial charge in [0.05, 0.1) is 13.2 Å².